The smallest absolute Gasteiger partial charge is 0.407 e. The van der Waals surface area contributed by atoms with Crippen LogP contribution in [0.25, 0.3) is 0 Å². The Morgan fingerprint density at radius 1 is 1.35 bits per heavy atom. The number of amides is 3. The quantitative estimate of drug-likeness (QED) is 0.433. The number of hydrogen-bond acceptors (Lipinski definition) is 5. The number of alkyl carbamates (subject to hydrolysis) is 1. The molecule has 1 aliphatic carbocycles. The fourth-order valence-corrected chi connectivity index (χ4v) is 6.32. The van der Waals surface area contributed by atoms with Gasteiger partial charge in [0, 0.05) is 19.1 Å². The van der Waals surface area contributed by atoms with E-state index in [9.17, 15) is 23.8 Å². The molecule has 0 spiro atoms. The molecule has 0 aromatic heterocycles. The Morgan fingerprint density at radius 3 is 2.77 bits per heavy atom. The molecule has 1 saturated heterocycles. The van der Waals surface area contributed by atoms with Crippen molar-refractivity contribution < 1.29 is 28.6 Å². The molecule has 3 N–H and O–H groups in total. The molecule has 0 bridgehead atoms. The maximum Gasteiger partial charge on any atom is 0.407 e. The predicted octanol–water partition coefficient (Wildman–Crippen LogP) is 2.20. The second-order valence-electron chi connectivity index (χ2n) is 9.21. The number of hydrogen-bond donors (Lipinski definition) is 3. The molecule has 174 valence electrons. The summed E-state index contributed by atoms with van der Waals surface area (Å²) in [4.78, 5) is 50.3. The summed E-state index contributed by atoms with van der Waals surface area (Å²) in [6.07, 6.45) is 7.98. The largest absolute Gasteiger partial charge is 0.453 e. The second-order valence-corrected chi connectivity index (χ2v) is 11.8. The Balaban J connectivity index is 1.88. The van der Waals surface area contributed by atoms with Gasteiger partial charge in [0.15, 0.2) is 0 Å². The summed E-state index contributed by atoms with van der Waals surface area (Å²) in [5, 5.41) is 4.30. The van der Waals surface area contributed by atoms with E-state index in [4.69, 9.17) is 0 Å². The molecule has 0 aromatic rings. The number of nitrogens with zero attached hydrogens (tertiary/aromatic N) is 1. The Hall–Kier alpha value is -1.86. The van der Waals surface area contributed by atoms with Crippen LogP contribution in [-0.4, -0.2) is 65.4 Å². The van der Waals surface area contributed by atoms with Crippen LogP contribution in [0.1, 0.15) is 51.9 Å². The van der Waals surface area contributed by atoms with E-state index in [1.165, 1.54) is 18.7 Å². The Bertz CT molecular complexity index is 796. The SMILES string of the molecule is COC(=O)NC1CCCCC/C=C\C2CC2(P(C)(=O)O)NC(=O)C2CC(C)CN2C1=O. The number of fused-ring (bicyclic) bond motifs is 2. The van der Waals surface area contributed by atoms with Gasteiger partial charge in [-0.2, -0.15) is 0 Å². The molecule has 31 heavy (non-hydrogen) atoms. The highest BCUT2D eigenvalue weighted by Crippen LogP contribution is 2.67. The lowest BCUT2D eigenvalue weighted by molar-refractivity contribution is -0.140. The number of methoxy groups -OCH3 is 1. The highest BCUT2D eigenvalue weighted by atomic mass is 31.2. The van der Waals surface area contributed by atoms with E-state index in [0.29, 0.717) is 25.8 Å². The van der Waals surface area contributed by atoms with Gasteiger partial charge in [-0.3, -0.25) is 14.2 Å². The number of carbonyl (C=O) groups excluding carboxylic acids is 3. The van der Waals surface area contributed by atoms with Gasteiger partial charge in [-0.1, -0.05) is 31.9 Å². The van der Waals surface area contributed by atoms with Crippen molar-refractivity contribution in [2.24, 2.45) is 11.8 Å². The molecule has 0 aromatic carbocycles. The maximum absolute atomic E-state index is 13.3. The van der Waals surface area contributed by atoms with Crippen molar-refractivity contribution in [3.63, 3.8) is 0 Å². The average Bonchev–Trinajstić information content (AvgIpc) is 3.27. The van der Waals surface area contributed by atoms with Crippen molar-refractivity contribution in [2.75, 3.05) is 20.3 Å². The van der Waals surface area contributed by atoms with E-state index >= 15 is 0 Å². The van der Waals surface area contributed by atoms with E-state index in [1.54, 1.807) is 0 Å². The zero-order valence-electron chi connectivity index (χ0n) is 18.5. The van der Waals surface area contributed by atoms with Crippen LogP contribution in [0.15, 0.2) is 12.2 Å². The summed E-state index contributed by atoms with van der Waals surface area (Å²) < 4.78 is 17.3. The van der Waals surface area contributed by atoms with Crippen LogP contribution < -0.4 is 10.6 Å². The zero-order valence-corrected chi connectivity index (χ0v) is 19.4. The minimum Gasteiger partial charge on any atom is -0.453 e. The van der Waals surface area contributed by atoms with Gasteiger partial charge in [-0.25, -0.2) is 4.79 Å². The lowest BCUT2D eigenvalue weighted by Crippen LogP contribution is -2.55. The number of allylic oxidation sites excluding steroid dienone is 1. The topological polar surface area (TPSA) is 125 Å². The molecular weight excluding hydrogens is 421 g/mol. The summed E-state index contributed by atoms with van der Waals surface area (Å²) in [5.74, 6) is -0.797. The van der Waals surface area contributed by atoms with Gasteiger partial charge >= 0.3 is 6.09 Å². The molecular formula is C21H34N3O6P. The van der Waals surface area contributed by atoms with Gasteiger partial charge in [0.05, 0.1) is 7.11 Å². The molecule has 2 heterocycles. The van der Waals surface area contributed by atoms with Gasteiger partial charge < -0.3 is 25.2 Å². The fourth-order valence-electron chi connectivity index (χ4n) is 4.77. The van der Waals surface area contributed by atoms with Crippen LogP contribution >= 0.6 is 7.37 Å². The number of ether oxygens (including phenoxy) is 1. The monoisotopic (exact) mass is 455 g/mol. The molecule has 2 fully saturated rings. The van der Waals surface area contributed by atoms with Crippen LogP contribution in [0.2, 0.25) is 0 Å². The summed E-state index contributed by atoms with van der Waals surface area (Å²) in [5.41, 5.74) is 0. The minimum absolute atomic E-state index is 0.103. The summed E-state index contributed by atoms with van der Waals surface area (Å²) >= 11 is 0. The Kier molecular flexibility index (Phi) is 7.16. The van der Waals surface area contributed by atoms with E-state index in [-0.39, 0.29) is 17.7 Å². The van der Waals surface area contributed by atoms with E-state index in [1.807, 2.05) is 19.1 Å². The third-order valence-electron chi connectivity index (χ3n) is 6.67. The van der Waals surface area contributed by atoms with E-state index < -0.39 is 36.7 Å². The Labute approximate surface area is 183 Å². The van der Waals surface area contributed by atoms with Crippen LogP contribution in [-0.2, 0) is 18.9 Å². The maximum atomic E-state index is 13.3. The normalized spacial score (nSPS) is 37.2. The van der Waals surface area contributed by atoms with Crippen LogP contribution in [0, 0.1) is 11.8 Å². The first-order chi connectivity index (χ1) is 14.6. The standard InChI is InChI=1S/C21H34N3O6P/c1-14-11-17-18(25)23-21(31(3,28)29)12-15(21)9-7-5-4-6-8-10-16(22-20(27)30-2)19(26)24(17)13-14/h7,9,14-17H,4-6,8,10-13H2,1-3H3,(H,22,27)(H,23,25)(H,28,29)/b9-7-. The third kappa shape index (κ3) is 5.14. The predicted molar refractivity (Wildman–Crippen MR) is 116 cm³/mol. The molecule has 3 rings (SSSR count). The third-order valence-corrected chi connectivity index (χ3v) is 8.77. The molecule has 3 amide bonds. The summed E-state index contributed by atoms with van der Waals surface area (Å²) in [7, 11) is -2.37. The zero-order chi connectivity index (χ0) is 22.8. The highest BCUT2D eigenvalue weighted by Gasteiger charge is 2.64. The fraction of sp³-hybridized carbons (Fsp3) is 0.762. The second kappa shape index (κ2) is 9.33. The molecule has 10 heteroatoms. The lowest BCUT2D eigenvalue weighted by Gasteiger charge is -2.30. The first-order valence-corrected chi connectivity index (χ1v) is 13.1. The van der Waals surface area contributed by atoms with Gasteiger partial charge in [0.1, 0.15) is 17.4 Å². The van der Waals surface area contributed by atoms with E-state index in [2.05, 4.69) is 15.4 Å². The van der Waals surface area contributed by atoms with Crippen molar-refractivity contribution in [1.82, 2.24) is 15.5 Å². The molecule has 2 aliphatic heterocycles. The van der Waals surface area contributed by atoms with Crippen molar-refractivity contribution in [3.05, 3.63) is 12.2 Å². The number of carbonyl (C=O) groups is 3. The highest BCUT2D eigenvalue weighted by molar-refractivity contribution is 7.59. The van der Waals surface area contributed by atoms with Crippen molar-refractivity contribution in [2.45, 2.75) is 69.2 Å². The first kappa shape index (κ1) is 23.8. The summed E-state index contributed by atoms with van der Waals surface area (Å²) in [6.45, 7) is 3.64. The van der Waals surface area contributed by atoms with Crippen molar-refractivity contribution in [1.29, 1.82) is 0 Å². The van der Waals surface area contributed by atoms with Crippen LogP contribution in [0.4, 0.5) is 4.79 Å². The molecule has 0 radical (unpaired) electrons. The van der Waals surface area contributed by atoms with Crippen molar-refractivity contribution >= 4 is 25.3 Å². The lowest BCUT2D eigenvalue weighted by atomic mass is 10.0. The van der Waals surface area contributed by atoms with E-state index in [0.717, 1.165) is 25.7 Å². The minimum atomic E-state index is -3.61. The molecule has 6 unspecified atom stereocenters. The molecule has 9 nitrogen and oxygen atoms in total. The van der Waals surface area contributed by atoms with Crippen LogP contribution in [0.3, 0.4) is 0 Å². The van der Waals surface area contributed by atoms with Gasteiger partial charge in [-0.15, -0.1) is 0 Å². The van der Waals surface area contributed by atoms with Crippen molar-refractivity contribution in [3.8, 4) is 0 Å². The first-order valence-electron chi connectivity index (χ1n) is 11.0. The summed E-state index contributed by atoms with van der Waals surface area (Å²) in [6, 6.07) is -1.50. The Morgan fingerprint density at radius 2 is 2.10 bits per heavy atom. The molecule has 6 atom stereocenters. The van der Waals surface area contributed by atoms with Gasteiger partial charge in [0.25, 0.3) is 0 Å². The molecule has 3 aliphatic rings. The molecule has 1 saturated carbocycles. The number of nitrogens with one attached hydrogen (secondary N) is 2. The number of rotatable bonds is 2. The van der Waals surface area contributed by atoms with Gasteiger partial charge in [0.2, 0.25) is 19.2 Å². The van der Waals surface area contributed by atoms with Gasteiger partial charge in [-0.05, 0) is 38.0 Å². The average molecular weight is 455 g/mol. The van der Waals surface area contributed by atoms with Crippen LogP contribution in [0.5, 0.6) is 0 Å².